The van der Waals surface area contributed by atoms with Crippen molar-refractivity contribution in [3.05, 3.63) is 41.7 Å². The standard InChI is InChI=1S/C16H19NO3S/c1-3-14-13(12-6-4-5-7-15(12)20-14)8-9-16(18)17-10-11-21(2)19/h4-9H,3,10-11H2,1-2H3,(H,17,18)/b9-8+. The van der Waals surface area contributed by atoms with Crippen molar-refractivity contribution in [2.24, 2.45) is 0 Å². The number of rotatable bonds is 6. The number of amides is 1. The van der Waals surface area contributed by atoms with Crippen LogP contribution < -0.4 is 5.32 Å². The second kappa shape index (κ2) is 7.22. The highest BCUT2D eigenvalue weighted by Crippen LogP contribution is 2.27. The van der Waals surface area contributed by atoms with Gasteiger partial charge in [-0.3, -0.25) is 9.00 Å². The van der Waals surface area contributed by atoms with E-state index in [0.717, 1.165) is 28.7 Å². The minimum Gasteiger partial charge on any atom is -0.460 e. The van der Waals surface area contributed by atoms with Gasteiger partial charge < -0.3 is 9.73 Å². The number of hydrogen-bond donors (Lipinski definition) is 1. The Bertz CT molecular complexity index is 688. The van der Waals surface area contributed by atoms with Crippen molar-refractivity contribution in [3.63, 3.8) is 0 Å². The third-order valence-corrected chi connectivity index (χ3v) is 3.90. The summed E-state index contributed by atoms with van der Waals surface area (Å²) in [4.78, 5) is 11.7. The van der Waals surface area contributed by atoms with E-state index in [9.17, 15) is 9.00 Å². The Balaban J connectivity index is 2.13. The fraction of sp³-hybridized carbons (Fsp3) is 0.312. The second-order valence-corrected chi connectivity index (χ2v) is 6.24. The zero-order valence-electron chi connectivity index (χ0n) is 12.2. The maximum absolute atomic E-state index is 11.7. The number of aryl methyl sites for hydroxylation is 1. The minimum atomic E-state index is -0.893. The first-order valence-electron chi connectivity index (χ1n) is 6.88. The van der Waals surface area contributed by atoms with E-state index in [1.165, 1.54) is 6.08 Å². The highest BCUT2D eigenvalue weighted by molar-refractivity contribution is 7.84. The van der Waals surface area contributed by atoms with Crippen molar-refractivity contribution >= 4 is 33.8 Å². The van der Waals surface area contributed by atoms with E-state index >= 15 is 0 Å². The van der Waals surface area contributed by atoms with Crippen LogP contribution in [0.3, 0.4) is 0 Å². The molecule has 0 aliphatic carbocycles. The third-order valence-electron chi connectivity index (χ3n) is 3.12. The predicted octanol–water partition coefficient (Wildman–Crippen LogP) is 2.50. The molecule has 1 aromatic carbocycles. The fourth-order valence-electron chi connectivity index (χ4n) is 2.10. The number of carbonyl (C=O) groups excluding carboxylic acids is 1. The van der Waals surface area contributed by atoms with Gasteiger partial charge in [0.05, 0.1) is 0 Å². The first-order valence-corrected chi connectivity index (χ1v) is 8.61. The van der Waals surface area contributed by atoms with Gasteiger partial charge in [-0.15, -0.1) is 0 Å². The van der Waals surface area contributed by atoms with Crippen LogP contribution in [0.2, 0.25) is 0 Å². The fourth-order valence-corrected chi connectivity index (χ4v) is 2.49. The average molecular weight is 305 g/mol. The van der Waals surface area contributed by atoms with Crippen LogP contribution in [0.1, 0.15) is 18.2 Å². The summed E-state index contributed by atoms with van der Waals surface area (Å²) in [5.41, 5.74) is 1.78. The molecule has 0 spiro atoms. The molecule has 0 fully saturated rings. The molecule has 112 valence electrons. The number of hydrogen-bond acceptors (Lipinski definition) is 3. The van der Waals surface area contributed by atoms with E-state index in [1.54, 1.807) is 12.3 Å². The molecular formula is C16H19NO3S. The number of para-hydroxylation sites is 1. The first kappa shape index (κ1) is 15.5. The molecule has 1 amide bonds. The third kappa shape index (κ3) is 4.04. The van der Waals surface area contributed by atoms with Crippen molar-refractivity contribution in [2.75, 3.05) is 18.6 Å². The molecule has 0 saturated carbocycles. The van der Waals surface area contributed by atoms with Crippen molar-refractivity contribution in [2.45, 2.75) is 13.3 Å². The molecule has 2 aromatic rings. The van der Waals surface area contributed by atoms with Crippen molar-refractivity contribution in [1.82, 2.24) is 5.32 Å². The summed E-state index contributed by atoms with van der Waals surface area (Å²) in [5, 5.41) is 3.72. The molecule has 0 saturated heterocycles. The van der Waals surface area contributed by atoms with Crippen LogP contribution in [0.25, 0.3) is 17.0 Å². The van der Waals surface area contributed by atoms with Crippen LogP contribution >= 0.6 is 0 Å². The summed E-state index contributed by atoms with van der Waals surface area (Å²) in [7, 11) is -0.893. The number of benzene rings is 1. The van der Waals surface area contributed by atoms with Crippen LogP contribution in [-0.4, -0.2) is 28.7 Å². The molecule has 2 rings (SSSR count). The van der Waals surface area contributed by atoms with Gasteiger partial charge in [-0.25, -0.2) is 0 Å². The Morgan fingerprint density at radius 1 is 1.38 bits per heavy atom. The van der Waals surface area contributed by atoms with Gasteiger partial charge in [0.2, 0.25) is 5.91 Å². The molecule has 1 heterocycles. The highest BCUT2D eigenvalue weighted by Gasteiger charge is 2.09. The molecule has 0 radical (unpaired) electrons. The van der Waals surface area contributed by atoms with E-state index in [-0.39, 0.29) is 5.91 Å². The number of furan rings is 1. The SMILES string of the molecule is CCc1oc2ccccc2c1/C=C/C(=O)NCCS(C)=O. The van der Waals surface area contributed by atoms with Crippen molar-refractivity contribution in [1.29, 1.82) is 0 Å². The molecule has 0 aliphatic heterocycles. The molecular weight excluding hydrogens is 286 g/mol. The van der Waals surface area contributed by atoms with Gasteiger partial charge in [0.15, 0.2) is 0 Å². The smallest absolute Gasteiger partial charge is 0.244 e. The largest absolute Gasteiger partial charge is 0.460 e. The highest BCUT2D eigenvalue weighted by atomic mass is 32.2. The molecule has 4 nitrogen and oxygen atoms in total. The lowest BCUT2D eigenvalue weighted by molar-refractivity contribution is -0.116. The average Bonchev–Trinajstić information content (AvgIpc) is 2.82. The molecule has 1 atom stereocenters. The summed E-state index contributed by atoms with van der Waals surface area (Å²) in [6, 6.07) is 7.78. The Morgan fingerprint density at radius 3 is 2.86 bits per heavy atom. The topological polar surface area (TPSA) is 59.3 Å². The molecule has 0 aliphatic rings. The Hall–Kier alpha value is -1.88. The lowest BCUT2D eigenvalue weighted by atomic mass is 10.1. The predicted molar refractivity (Wildman–Crippen MR) is 86.6 cm³/mol. The monoisotopic (exact) mass is 305 g/mol. The van der Waals surface area contributed by atoms with Crippen molar-refractivity contribution < 1.29 is 13.4 Å². The molecule has 1 unspecified atom stereocenters. The van der Waals surface area contributed by atoms with Gasteiger partial charge in [0.25, 0.3) is 0 Å². The van der Waals surface area contributed by atoms with Crippen LogP contribution in [0.15, 0.2) is 34.8 Å². The quantitative estimate of drug-likeness (QED) is 0.834. The first-order chi connectivity index (χ1) is 10.1. The summed E-state index contributed by atoms with van der Waals surface area (Å²) in [6.45, 7) is 2.44. The van der Waals surface area contributed by atoms with Gasteiger partial charge in [-0.2, -0.15) is 0 Å². The van der Waals surface area contributed by atoms with Gasteiger partial charge in [0.1, 0.15) is 11.3 Å². The molecule has 1 N–H and O–H groups in total. The van der Waals surface area contributed by atoms with Gasteiger partial charge >= 0.3 is 0 Å². The maximum atomic E-state index is 11.7. The van der Waals surface area contributed by atoms with Gasteiger partial charge in [0, 0.05) is 52.8 Å². The second-order valence-electron chi connectivity index (χ2n) is 4.69. The lowest BCUT2D eigenvalue weighted by Gasteiger charge is -1.99. The molecule has 1 aromatic heterocycles. The van der Waals surface area contributed by atoms with Crippen LogP contribution in [-0.2, 0) is 22.0 Å². The van der Waals surface area contributed by atoms with Crippen LogP contribution in [0, 0.1) is 0 Å². The summed E-state index contributed by atoms with van der Waals surface area (Å²) in [5.74, 6) is 1.15. The summed E-state index contributed by atoms with van der Waals surface area (Å²) >= 11 is 0. The number of fused-ring (bicyclic) bond motifs is 1. The van der Waals surface area contributed by atoms with E-state index < -0.39 is 10.8 Å². The summed E-state index contributed by atoms with van der Waals surface area (Å²) in [6.07, 6.45) is 5.66. The van der Waals surface area contributed by atoms with E-state index in [0.29, 0.717) is 12.3 Å². The lowest BCUT2D eigenvalue weighted by Crippen LogP contribution is -2.25. The van der Waals surface area contributed by atoms with E-state index in [1.807, 2.05) is 31.2 Å². The molecule has 0 bridgehead atoms. The van der Waals surface area contributed by atoms with Crippen LogP contribution in [0.5, 0.6) is 0 Å². The number of nitrogens with one attached hydrogen (secondary N) is 1. The van der Waals surface area contributed by atoms with Crippen molar-refractivity contribution in [3.8, 4) is 0 Å². The Morgan fingerprint density at radius 2 is 2.14 bits per heavy atom. The van der Waals surface area contributed by atoms with E-state index in [2.05, 4.69) is 5.32 Å². The van der Waals surface area contributed by atoms with Gasteiger partial charge in [-0.05, 0) is 12.1 Å². The normalized spacial score (nSPS) is 12.9. The van der Waals surface area contributed by atoms with E-state index in [4.69, 9.17) is 4.42 Å². The zero-order chi connectivity index (χ0) is 15.2. The molecule has 5 heteroatoms. The number of carbonyl (C=O) groups is 1. The minimum absolute atomic E-state index is 0.187. The zero-order valence-corrected chi connectivity index (χ0v) is 13.0. The van der Waals surface area contributed by atoms with Crippen LogP contribution in [0.4, 0.5) is 0 Å². The Kier molecular flexibility index (Phi) is 5.33. The Labute approximate surface area is 126 Å². The van der Waals surface area contributed by atoms with Gasteiger partial charge in [-0.1, -0.05) is 25.1 Å². The maximum Gasteiger partial charge on any atom is 0.244 e. The summed E-state index contributed by atoms with van der Waals surface area (Å²) < 4.78 is 16.7. The molecule has 21 heavy (non-hydrogen) atoms.